The predicted octanol–water partition coefficient (Wildman–Crippen LogP) is 2.48. The van der Waals surface area contributed by atoms with Gasteiger partial charge >= 0.3 is 12.3 Å². The lowest BCUT2D eigenvalue weighted by atomic mass is 10.1. The van der Waals surface area contributed by atoms with Crippen LogP contribution in [0.5, 0.6) is 0 Å². The number of nitrogens with zero attached hydrogens (tertiary/aromatic N) is 1. The van der Waals surface area contributed by atoms with E-state index in [4.69, 9.17) is 5.11 Å². The highest BCUT2D eigenvalue weighted by molar-refractivity contribution is 5.93. The molecule has 1 aromatic heterocycles. The first-order valence-corrected chi connectivity index (χ1v) is 5.19. The van der Waals surface area contributed by atoms with Crippen LogP contribution in [-0.4, -0.2) is 15.6 Å². The van der Waals surface area contributed by atoms with Gasteiger partial charge in [0, 0.05) is 11.6 Å². The topological polar surface area (TPSA) is 59.3 Å². The average molecular weight is 271 g/mol. The number of aromatic carboxylic acids is 1. The molecule has 0 aliphatic carbocycles. The number of carbonyl (C=O) groups is 1. The lowest BCUT2D eigenvalue weighted by molar-refractivity contribution is -0.201. The van der Waals surface area contributed by atoms with Gasteiger partial charge in [-0.25, -0.2) is 4.79 Å². The van der Waals surface area contributed by atoms with Gasteiger partial charge in [-0.2, -0.15) is 0 Å². The third kappa shape index (κ3) is 2.07. The van der Waals surface area contributed by atoms with E-state index in [0.29, 0.717) is 11.8 Å². The molecule has 1 N–H and O–H groups in total. The third-order valence-electron chi connectivity index (χ3n) is 2.74. The number of rotatable bonds is 1. The number of alkyl halides is 3. The van der Waals surface area contributed by atoms with Crippen molar-refractivity contribution in [3.8, 4) is 0 Å². The third-order valence-corrected chi connectivity index (χ3v) is 2.74. The second-order valence-electron chi connectivity index (χ2n) is 3.98. The van der Waals surface area contributed by atoms with Crippen LogP contribution in [0.2, 0.25) is 0 Å². The molecule has 1 heterocycles. The maximum absolute atomic E-state index is 12.9. The van der Waals surface area contributed by atoms with Crippen molar-refractivity contribution in [2.75, 3.05) is 0 Å². The van der Waals surface area contributed by atoms with E-state index in [2.05, 4.69) is 0 Å². The molecule has 2 rings (SSSR count). The summed E-state index contributed by atoms with van der Waals surface area (Å²) in [6.45, 7) is 1.45. The molecule has 19 heavy (non-hydrogen) atoms. The molecule has 7 heteroatoms. The first kappa shape index (κ1) is 13.1. The van der Waals surface area contributed by atoms with Crippen molar-refractivity contribution in [1.82, 2.24) is 4.57 Å². The predicted molar refractivity (Wildman–Crippen MR) is 61.2 cm³/mol. The molecule has 0 spiro atoms. The average Bonchev–Trinajstić information content (AvgIpc) is 2.27. The molecule has 0 atom stereocenters. The van der Waals surface area contributed by atoms with Crippen molar-refractivity contribution in [2.24, 2.45) is 0 Å². The number of benzene rings is 1. The molecule has 100 valence electrons. The van der Waals surface area contributed by atoms with E-state index in [1.807, 2.05) is 0 Å². The minimum absolute atomic E-state index is 0.153. The van der Waals surface area contributed by atoms with E-state index in [-0.39, 0.29) is 15.5 Å². The lowest BCUT2D eigenvalue weighted by Gasteiger charge is -2.15. The fourth-order valence-corrected chi connectivity index (χ4v) is 1.90. The van der Waals surface area contributed by atoms with Crippen LogP contribution in [0.25, 0.3) is 10.9 Å². The van der Waals surface area contributed by atoms with Crippen LogP contribution in [-0.2, 0) is 6.30 Å². The SMILES string of the molecule is Cc1cccc2c1c(=O)c(C(=O)O)cn2C(F)(F)F. The summed E-state index contributed by atoms with van der Waals surface area (Å²) in [5.41, 5.74) is -1.88. The number of carboxylic acid groups (broad SMARTS) is 1. The first-order chi connectivity index (χ1) is 8.73. The van der Waals surface area contributed by atoms with Gasteiger partial charge in [-0.15, -0.1) is 13.2 Å². The quantitative estimate of drug-likeness (QED) is 0.866. The Kier molecular flexibility index (Phi) is 2.84. The standard InChI is InChI=1S/C12H8F3NO3/c1-6-3-2-4-8-9(6)10(17)7(11(18)19)5-16(8)12(13,14)15/h2-5H,1H3,(H,18,19). The molecule has 2 aromatic rings. The summed E-state index contributed by atoms with van der Waals surface area (Å²) >= 11 is 0. The fraction of sp³-hybridized carbons (Fsp3) is 0.167. The molecule has 4 nitrogen and oxygen atoms in total. The molecule has 0 amide bonds. The Morgan fingerprint density at radius 2 is 1.95 bits per heavy atom. The van der Waals surface area contributed by atoms with Gasteiger partial charge in [-0.05, 0) is 18.6 Å². The number of halogens is 3. The molecule has 0 unspecified atom stereocenters. The van der Waals surface area contributed by atoms with Crippen LogP contribution < -0.4 is 5.43 Å². The molecule has 0 aliphatic rings. The molecule has 0 saturated carbocycles. The number of pyridine rings is 1. The number of aromatic nitrogens is 1. The Labute approximate surface area is 104 Å². The number of fused-ring (bicyclic) bond motifs is 1. The van der Waals surface area contributed by atoms with Gasteiger partial charge in [-0.1, -0.05) is 12.1 Å². The zero-order valence-corrected chi connectivity index (χ0v) is 9.65. The van der Waals surface area contributed by atoms with Crippen molar-refractivity contribution in [1.29, 1.82) is 0 Å². The Morgan fingerprint density at radius 3 is 2.47 bits per heavy atom. The smallest absolute Gasteiger partial charge is 0.477 e. The number of carboxylic acids is 1. The van der Waals surface area contributed by atoms with Crippen molar-refractivity contribution < 1.29 is 23.1 Å². The molecule has 0 saturated heterocycles. The van der Waals surface area contributed by atoms with Crippen LogP contribution in [0.15, 0.2) is 29.2 Å². The van der Waals surface area contributed by atoms with Crippen LogP contribution >= 0.6 is 0 Å². The summed E-state index contributed by atoms with van der Waals surface area (Å²) in [6.07, 6.45) is -4.49. The summed E-state index contributed by atoms with van der Waals surface area (Å²) < 4.78 is 38.5. The van der Waals surface area contributed by atoms with Crippen molar-refractivity contribution in [3.05, 3.63) is 45.7 Å². The van der Waals surface area contributed by atoms with Gasteiger partial charge in [0.25, 0.3) is 0 Å². The number of hydrogen-bond donors (Lipinski definition) is 1. The highest BCUT2D eigenvalue weighted by atomic mass is 19.4. The van der Waals surface area contributed by atoms with E-state index >= 15 is 0 Å². The summed E-state index contributed by atoms with van der Waals surface area (Å²) in [5.74, 6) is -1.69. The Balaban J connectivity index is 3.06. The molecule has 1 aromatic carbocycles. The monoisotopic (exact) mass is 271 g/mol. The van der Waals surface area contributed by atoms with Crippen molar-refractivity contribution >= 4 is 16.9 Å². The van der Waals surface area contributed by atoms with Crippen LogP contribution in [0, 0.1) is 6.92 Å². The molecule has 0 radical (unpaired) electrons. The zero-order chi connectivity index (χ0) is 14.4. The fourth-order valence-electron chi connectivity index (χ4n) is 1.90. The van der Waals surface area contributed by atoms with Crippen LogP contribution in [0.4, 0.5) is 13.2 Å². The van der Waals surface area contributed by atoms with E-state index in [1.54, 1.807) is 0 Å². The first-order valence-electron chi connectivity index (χ1n) is 5.19. The van der Waals surface area contributed by atoms with Gasteiger partial charge in [0.15, 0.2) is 0 Å². The van der Waals surface area contributed by atoms with E-state index in [1.165, 1.54) is 19.1 Å². The van der Waals surface area contributed by atoms with E-state index < -0.39 is 23.3 Å². The number of hydrogen-bond acceptors (Lipinski definition) is 2. The Bertz CT molecular complexity index is 731. The van der Waals surface area contributed by atoms with E-state index in [9.17, 15) is 22.8 Å². The summed E-state index contributed by atoms with van der Waals surface area (Å²) in [4.78, 5) is 22.8. The van der Waals surface area contributed by atoms with Crippen molar-refractivity contribution in [3.63, 3.8) is 0 Å². The van der Waals surface area contributed by atoms with Gasteiger partial charge < -0.3 is 5.11 Å². The second-order valence-corrected chi connectivity index (χ2v) is 3.98. The molecule has 0 bridgehead atoms. The minimum atomic E-state index is -4.80. The number of aryl methyl sites for hydroxylation is 1. The lowest BCUT2D eigenvalue weighted by Crippen LogP contribution is -2.25. The van der Waals surface area contributed by atoms with Crippen molar-refractivity contribution in [2.45, 2.75) is 13.2 Å². The summed E-state index contributed by atoms with van der Waals surface area (Å²) in [6, 6.07) is 3.96. The zero-order valence-electron chi connectivity index (χ0n) is 9.65. The van der Waals surface area contributed by atoms with Gasteiger partial charge in [0.2, 0.25) is 5.43 Å². The summed E-state index contributed by atoms with van der Waals surface area (Å²) in [5, 5.41) is 8.59. The highest BCUT2D eigenvalue weighted by Gasteiger charge is 2.33. The highest BCUT2D eigenvalue weighted by Crippen LogP contribution is 2.27. The Morgan fingerprint density at radius 1 is 1.32 bits per heavy atom. The minimum Gasteiger partial charge on any atom is -0.477 e. The molecule has 0 fully saturated rings. The Hall–Kier alpha value is -2.31. The molecular weight excluding hydrogens is 263 g/mol. The van der Waals surface area contributed by atoms with E-state index in [0.717, 1.165) is 6.07 Å². The largest absolute Gasteiger partial charge is 0.488 e. The summed E-state index contributed by atoms with van der Waals surface area (Å²) in [7, 11) is 0. The maximum Gasteiger partial charge on any atom is 0.488 e. The molecule has 0 aliphatic heterocycles. The van der Waals surface area contributed by atoms with Gasteiger partial charge in [0.1, 0.15) is 5.56 Å². The van der Waals surface area contributed by atoms with Gasteiger partial charge in [-0.3, -0.25) is 9.36 Å². The maximum atomic E-state index is 12.9. The van der Waals surface area contributed by atoms with Crippen LogP contribution in [0.3, 0.4) is 0 Å². The van der Waals surface area contributed by atoms with Gasteiger partial charge in [0.05, 0.1) is 5.52 Å². The second kappa shape index (κ2) is 4.11. The molecular formula is C12H8F3NO3. The normalized spacial score (nSPS) is 11.8. The van der Waals surface area contributed by atoms with Crippen LogP contribution in [0.1, 0.15) is 15.9 Å².